The largest absolute Gasteiger partial charge is 0.480 e. The molecule has 0 saturated heterocycles. The predicted octanol–water partition coefficient (Wildman–Crippen LogP) is 0.270. The first-order valence-electron chi connectivity index (χ1n) is 13.7. The smallest absolute Gasteiger partial charge is 0.326 e. The van der Waals surface area contributed by atoms with Gasteiger partial charge in [-0.2, -0.15) is 0 Å². The third kappa shape index (κ3) is 9.36. The van der Waals surface area contributed by atoms with E-state index >= 15 is 0 Å². The molecule has 2 aromatic carbocycles. The lowest BCUT2D eigenvalue weighted by molar-refractivity contribution is -0.142. The predicted molar refractivity (Wildman–Crippen MR) is 156 cm³/mol. The lowest BCUT2D eigenvalue weighted by Crippen LogP contribution is -2.58. The summed E-state index contributed by atoms with van der Waals surface area (Å²) in [6, 6.07) is 13.6. The highest BCUT2D eigenvalue weighted by molar-refractivity contribution is 5.94. The number of aromatic amines is 2. The highest BCUT2D eigenvalue weighted by atomic mass is 16.4. The minimum atomic E-state index is -1.24. The number of H-pyrrole nitrogens is 2. The van der Waals surface area contributed by atoms with Gasteiger partial charge in [0.05, 0.1) is 18.7 Å². The molecule has 0 saturated carbocycles. The number of nitrogens with zero attached hydrogens (tertiary/aromatic N) is 2. The van der Waals surface area contributed by atoms with Gasteiger partial charge in [-0.3, -0.25) is 14.4 Å². The summed E-state index contributed by atoms with van der Waals surface area (Å²) < 4.78 is 0. The van der Waals surface area contributed by atoms with E-state index in [2.05, 4.69) is 35.9 Å². The van der Waals surface area contributed by atoms with Gasteiger partial charge in [-0.1, -0.05) is 60.7 Å². The van der Waals surface area contributed by atoms with E-state index in [9.17, 15) is 24.3 Å². The number of aromatic nitrogens is 4. The summed E-state index contributed by atoms with van der Waals surface area (Å²) in [5.41, 5.74) is 8.85. The van der Waals surface area contributed by atoms with Crippen LogP contribution in [0.1, 0.15) is 22.5 Å². The van der Waals surface area contributed by atoms with Crippen LogP contribution in [0.5, 0.6) is 0 Å². The third-order valence-electron chi connectivity index (χ3n) is 6.76. The molecule has 4 aromatic rings. The van der Waals surface area contributed by atoms with Gasteiger partial charge in [0, 0.05) is 43.0 Å². The van der Waals surface area contributed by atoms with Gasteiger partial charge >= 0.3 is 5.97 Å². The van der Waals surface area contributed by atoms with Gasteiger partial charge in [-0.05, 0) is 17.5 Å². The van der Waals surface area contributed by atoms with E-state index in [4.69, 9.17) is 5.73 Å². The zero-order chi connectivity index (χ0) is 30.6. The molecule has 0 fully saturated rings. The molecule has 0 aliphatic heterocycles. The minimum Gasteiger partial charge on any atom is -0.480 e. The third-order valence-corrected chi connectivity index (χ3v) is 6.76. The summed E-state index contributed by atoms with van der Waals surface area (Å²) in [6.45, 7) is 0. The number of nitrogens with two attached hydrogens (primary N) is 1. The van der Waals surface area contributed by atoms with Crippen LogP contribution in [0.4, 0.5) is 0 Å². The summed E-state index contributed by atoms with van der Waals surface area (Å²) in [4.78, 5) is 65.9. The topological polar surface area (TPSA) is 208 Å². The van der Waals surface area contributed by atoms with E-state index in [1.54, 1.807) is 30.3 Å². The van der Waals surface area contributed by atoms with E-state index in [1.807, 2.05) is 30.3 Å². The van der Waals surface area contributed by atoms with Gasteiger partial charge in [0.15, 0.2) is 0 Å². The molecule has 2 heterocycles. The highest BCUT2D eigenvalue weighted by Crippen LogP contribution is 2.08. The van der Waals surface area contributed by atoms with Crippen LogP contribution < -0.4 is 21.7 Å². The zero-order valence-electron chi connectivity index (χ0n) is 23.3. The van der Waals surface area contributed by atoms with Gasteiger partial charge in [-0.25, -0.2) is 14.8 Å². The molecular formula is C30H34N8O5. The molecule has 8 N–H and O–H groups in total. The molecule has 0 bridgehead atoms. The van der Waals surface area contributed by atoms with Crippen molar-refractivity contribution in [1.82, 2.24) is 35.9 Å². The molecule has 4 unspecified atom stereocenters. The first-order valence-corrected chi connectivity index (χ1v) is 13.7. The van der Waals surface area contributed by atoms with Crippen molar-refractivity contribution in [1.29, 1.82) is 0 Å². The molecule has 4 rings (SSSR count). The summed E-state index contributed by atoms with van der Waals surface area (Å²) in [6.07, 6.45) is 6.23. The Balaban J connectivity index is 1.50. The van der Waals surface area contributed by atoms with Crippen molar-refractivity contribution in [2.45, 2.75) is 49.9 Å². The van der Waals surface area contributed by atoms with E-state index in [0.29, 0.717) is 11.4 Å². The summed E-state index contributed by atoms with van der Waals surface area (Å²) >= 11 is 0. The van der Waals surface area contributed by atoms with Crippen LogP contribution in [0.3, 0.4) is 0 Å². The van der Waals surface area contributed by atoms with E-state index in [1.165, 1.54) is 25.0 Å². The average molecular weight is 587 g/mol. The number of amides is 3. The Hall–Kier alpha value is -5.30. The van der Waals surface area contributed by atoms with Crippen molar-refractivity contribution < 1.29 is 24.3 Å². The normalized spacial score (nSPS) is 13.7. The number of hydrogen-bond acceptors (Lipinski definition) is 7. The van der Waals surface area contributed by atoms with E-state index in [-0.39, 0.29) is 25.7 Å². The zero-order valence-corrected chi connectivity index (χ0v) is 23.3. The Kier molecular flexibility index (Phi) is 10.7. The molecule has 4 atom stereocenters. The Morgan fingerprint density at radius 1 is 0.651 bits per heavy atom. The average Bonchev–Trinajstić information content (AvgIpc) is 3.72. The molecule has 0 aliphatic carbocycles. The second-order valence-electron chi connectivity index (χ2n) is 10.1. The van der Waals surface area contributed by atoms with Crippen molar-refractivity contribution in [2.75, 3.05) is 0 Å². The lowest BCUT2D eigenvalue weighted by atomic mass is 10.0. The molecule has 13 nitrogen and oxygen atoms in total. The molecule has 224 valence electrons. The number of nitrogens with one attached hydrogen (secondary N) is 5. The Morgan fingerprint density at radius 2 is 1.09 bits per heavy atom. The standard InChI is InChI=1S/C30H34N8O5/c31-23(11-19-7-3-1-4-8-19)27(39)36-24(13-21-15-32-17-34-21)28(40)37-25(14-22-16-33-18-35-22)29(41)38-26(30(42)43)12-20-9-5-2-6-10-20/h1-10,15-18,23-26H,11-14,31H2,(H,32,34)(H,33,35)(H,36,39)(H,37,40)(H,38,41)(H,42,43). The van der Waals surface area contributed by atoms with Crippen LogP contribution >= 0.6 is 0 Å². The Bertz CT molecular complexity index is 1460. The molecule has 0 radical (unpaired) electrons. The van der Waals surface area contributed by atoms with Gasteiger partial charge < -0.3 is 36.8 Å². The van der Waals surface area contributed by atoms with Crippen LogP contribution in [0.25, 0.3) is 0 Å². The van der Waals surface area contributed by atoms with Crippen LogP contribution in [0.2, 0.25) is 0 Å². The molecule has 3 amide bonds. The molecule has 0 aliphatic rings. The number of benzene rings is 2. The number of carbonyl (C=O) groups is 4. The van der Waals surface area contributed by atoms with Crippen LogP contribution in [-0.4, -0.2) is 72.9 Å². The quantitative estimate of drug-likeness (QED) is 0.103. The van der Waals surface area contributed by atoms with Crippen molar-refractivity contribution in [2.24, 2.45) is 5.73 Å². The highest BCUT2D eigenvalue weighted by Gasteiger charge is 2.31. The van der Waals surface area contributed by atoms with Crippen molar-refractivity contribution in [3.8, 4) is 0 Å². The number of carboxylic acid groups (broad SMARTS) is 1. The first kappa shape index (κ1) is 30.7. The number of rotatable bonds is 15. The van der Waals surface area contributed by atoms with Crippen LogP contribution in [0, 0.1) is 0 Å². The second kappa shape index (κ2) is 15.1. The molecule has 2 aromatic heterocycles. The fourth-order valence-electron chi connectivity index (χ4n) is 4.48. The van der Waals surface area contributed by atoms with E-state index in [0.717, 1.165) is 11.1 Å². The van der Waals surface area contributed by atoms with Crippen molar-refractivity contribution in [3.63, 3.8) is 0 Å². The van der Waals surface area contributed by atoms with Gasteiger partial charge in [0.25, 0.3) is 0 Å². The maximum atomic E-state index is 13.6. The first-order chi connectivity index (χ1) is 20.8. The number of hydrogen-bond donors (Lipinski definition) is 7. The maximum Gasteiger partial charge on any atom is 0.326 e. The van der Waals surface area contributed by atoms with Crippen LogP contribution in [0.15, 0.2) is 85.7 Å². The van der Waals surface area contributed by atoms with Gasteiger partial charge in [0.2, 0.25) is 17.7 Å². The fraction of sp³-hybridized carbons (Fsp3) is 0.267. The van der Waals surface area contributed by atoms with E-state index < -0.39 is 47.9 Å². The van der Waals surface area contributed by atoms with Gasteiger partial charge in [-0.15, -0.1) is 0 Å². The monoisotopic (exact) mass is 586 g/mol. The minimum absolute atomic E-state index is 0.00645. The summed E-state index contributed by atoms with van der Waals surface area (Å²) in [7, 11) is 0. The number of aliphatic carboxylic acids is 1. The number of carboxylic acids is 1. The SMILES string of the molecule is NC(Cc1ccccc1)C(=O)NC(Cc1cnc[nH]1)C(=O)NC(Cc1cnc[nH]1)C(=O)NC(Cc1ccccc1)C(=O)O. The van der Waals surface area contributed by atoms with Crippen molar-refractivity contribution >= 4 is 23.7 Å². The lowest BCUT2D eigenvalue weighted by Gasteiger charge is -2.25. The Morgan fingerprint density at radius 3 is 1.53 bits per heavy atom. The number of imidazole rings is 2. The number of carbonyl (C=O) groups excluding carboxylic acids is 3. The second-order valence-corrected chi connectivity index (χ2v) is 10.1. The molecule has 0 spiro atoms. The summed E-state index contributed by atoms with van der Waals surface area (Å²) in [5, 5.41) is 17.7. The molecule has 43 heavy (non-hydrogen) atoms. The van der Waals surface area contributed by atoms with Gasteiger partial charge in [0.1, 0.15) is 18.1 Å². The maximum absolute atomic E-state index is 13.6. The fourth-order valence-corrected chi connectivity index (χ4v) is 4.48. The van der Waals surface area contributed by atoms with Crippen molar-refractivity contribution in [3.05, 3.63) is 108 Å². The Labute approximate surface area is 247 Å². The van der Waals surface area contributed by atoms with Crippen LogP contribution in [-0.2, 0) is 44.9 Å². The molecule has 13 heteroatoms. The molecular weight excluding hydrogens is 552 g/mol. The summed E-state index contributed by atoms with van der Waals surface area (Å²) in [5.74, 6) is -3.14.